The minimum absolute atomic E-state index is 0.0587. The van der Waals surface area contributed by atoms with Crippen LogP contribution in [0.4, 0.5) is 0 Å². The fraction of sp³-hybridized carbons (Fsp3) is 0.258. The summed E-state index contributed by atoms with van der Waals surface area (Å²) in [5.41, 5.74) is 7.58. The summed E-state index contributed by atoms with van der Waals surface area (Å²) in [5.74, 6) is 0.629. The zero-order valence-corrected chi connectivity index (χ0v) is 21.0. The van der Waals surface area contributed by atoms with E-state index in [4.69, 9.17) is 4.98 Å². The van der Waals surface area contributed by atoms with Crippen molar-refractivity contribution in [2.45, 2.75) is 46.5 Å². The van der Waals surface area contributed by atoms with Crippen LogP contribution >= 0.6 is 11.3 Å². The maximum Gasteiger partial charge on any atom is 0.0708 e. The van der Waals surface area contributed by atoms with Gasteiger partial charge in [0.1, 0.15) is 0 Å². The number of pyridine rings is 1. The summed E-state index contributed by atoms with van der Waals surface area (Å²) in [7, 11) is 0. The first kappa shape index (κ1) is 21.9. The minimum Gasteiger partial charge on any atom is -0.256 e. The SMILES string of the molecule is CC(C)Cc1cc(-c2ccnc(-c3cc(C(C)(C)C)c4ccccc4c3)c2)cc2sccc12. The molecule has 0 unspecified atom stereocenters. The Hall–Kier alpha value is -2.97. The molecule has 5 rings (SSSR count). The number of aromatic nitrogens is 1. The molecule has 5 aromatic rings. The van der Waals surface area contributed by atoms with Gasteiger partial charge in [-0.25, -0.2) is 0 Å². The number of rotatable bonds is 4. The Morgan fingerprint density at radius 1 is 0.818 bits per heavy atom. The van der Waals surface area contributed by atoms with E-state index in [2.05, 4.69) is 107 Å². The van der Waals surface area contributed by atoms with Crippen LogP contribution in [0.2, 0.25) is 0 Å². The van der Waals surface area contributed by atoms with Gasteiger partial charge in [0, 0.05) is 16.5 Å². The van der Waals surface area contributed by atoms with E-state index in [0.29, 0.717) is 5.92 Å². The molecule has 0 aliphatic heterocycles. The van der Waals surface area contributed by atoms with Crippen molar-refractivity contribution in [3.8, 4) is 22.4 Å². The topological polar surface area (TPSA) is 12.9 Å². The van der Waals surface area contributed by atoms with Crippen LogP contribution in [0.25, 0.3) is 43.2 Å². The van der Waals surface area contributed by atoms with Crippen LogP contribution in [-0.4, -0.2) is 4.98 Å². The molecule has 0 aliphatic rings. The Morgan fingerprint density at radius 2 is 1.64 bits per heavy atom. The van der Waals surface area contributed by atoms with Crippen LogP contribution in [0.3, 0.4) is 0 Å². The summed E-state index contributed by atoms with van der Waals surface area (Å²) in [6.45, 7) is 11.4. The molecule has 0 saturated heterocycles. The van der Waals surface area contributed by atoms with E-state index in [1.807, 2.05) is 17.5 Å². The van der Waals surface area contributed by atoms with E-state index in [0.717, 1.165) is 12.1 Å². The van der Waals surface area contributed by atoms with Gasteiger partial charge in [0.2, 0.25) is 0 Å². The van der Waals surface area contributed by atoms with Crippen LogP contribution in [0.15, 0.2) is 78.3 Å². The number of thiophene rings is 1. The van der Waals surface area contributed by atoms with Crippen LogP contribution in [0, 0.1) is 5.92 Å². The molecule has 3 aromatic carbocycles. The third-order valence-corrected chi connectivity index (χ3v) is 7.21. The zero-order chi connectivity index (χ0) is 23.2. The van der Waals surface area contributed by atoms with Gasteiger partial charge in [0.25, 0.3) is 0 Å². The second-order valence-electron chi connectivity index (χ2n) is 10.5. The summed E-state index contributed by atoms with van der Waals surface area (Å²) in [5, 5.41) is 6.20. The molecule has 2 heteroatoms. The molecule has 0 amide bonds. The Labute approximate surface area is 201 Å². The quantitative estimate of drug-likeness (QED) is 0.266. The Morgan fingerprint density at radius 3 is 2.42 bits per heavy atom. The molecule has 1 nitrogen and oxygen atoms in total. The Bertz CT molecular complexity index is 1450. The van der Waals surface area contributed by atoms with Crippen molar-refractivity contribution in [3.05, 3.63) is 89.4 Å². The van der Waals surface area contributed by atoms with Gasteiger partial charge in [-0.05, 0) is 97.9 Å². The molecule has 166 valence electrons. The van der Waals surface area contributed by atoms with E-state index in [1.165, 1.54) is 48.7 Å². The average molecular weight is 450 g/mol. The van der Waals surface area contributed by atoms with E-state index >= 15 is 0 Å². The highest BCUT2D eigenvalue weighted by Crippen LogP contribution is 2.36. The number of hydrogen-bond donors (Lipinski definition) is 0. The van der Waals surface area contributed by atoms with Crippen molar-refractivity contribution in [2.75, 3.05) is 0 Å². The summed E-state index contributed by atoms with van der Waals surface area (Å²) in [6, 6.07) is 24.7. The summed E-state index contributed by atoms with van der Waals surface area (Å²) >= 11 is 1.83. The lowest BCUT2D eigenvalue weighted by atomic mass is 9.82. The second-order valence-corrected chi connectivity index (χ2v) is 11.4. The van der Waals surface area contributed by atoms with Gasteiger partial charge in [-0.15, -0.1) is 11.3 Å². The standard InChI is InChI=1S/C31H31NS/c1-20(2)14-24-16-23(19-30-27(24)11-13-33-30)21-10-12-32-29(18-21)25-15-22-8-6-7-9-26(22)28(17-25)31(3,4)5/h6-13,15-20H,14H2,1-5H3. The van der Waals surface area contributed by atoms with Crippen LogP contribution < -0.4 is 0 Å². The maximum absolute atomic E-state index is 4.79. The minimum atomic E-state index is 0.0587. The fourth-order valence-corrected chi connectivity index (χ4v) is 5.64. The van der Waals surface area contributed by atoms with Gasteiger partial charge >= 0.3 is 0 Å². The van der Waals surface area contributed by atoms with Crippen molar-refractivity contribution in [1.29, 1.82) is 0 Å². The third kappa shape index (κ3) is 4.32. The zero-order valence-electron chi connectivity index (χ0n) is 20.1. The molecule has 2 heterocycles. The highest BCUT2D eigenvalue weighted by Gasteiger charge is 2.19. The monoisotopic (exact) mass is 449 g/mol. The molecule has 0 saturated carbocycles. The van der Waals surface area contributed by atoms with Gasteiger partial charge in [-0.2, -0.15) is 0 Å². The van der Waals surface area contributed by atoms with Gasteiger partial charge in [0.15, 0.2) is 0 Å². The van der Waals surface area contributed by atoms with Gasteiger partial charge in [0.05, 0.1) is 5.69 Å². The van der Waals surface area contributed by atoms with E-state index < -0.39 is 0 Å². The third-order valence-electron chi connectivity index (χ3n) is 6.34. The van der Waals surface area contributed by atoms with Crippen LogP contribution in [-0.2, 0) is 11.8 Å². The summed E-state index contributed by atoms with van der Waals surface area (Å²) in [4.78, 5) is 4.79. The predicted molar refractivity (Wildman–Crippen MR) is 145 cm³/mol. The van der Waals surface area contributed by atoms with Gasteiger partial charge < -0.3 is 0 Å². The van der Waals surface area contributed by atoms with E-state index in [9.17, 15) is 0 Å². The van der Waals surface area contributed by atoms with Crippen molar-refractivity contribution < 1.29 is 0 Å². The molecule has 0 N–H and O–H groups in total. The molecule has 0 atom stereocenters. The number of nitrogens with zero attached hydrogens (tertiary/aromatic N) is 1. The first-order valence-corrected chi connectivity index (χ1v) is 12.7. The number of hydrogen-bond acceptors (Lipinski definition) is 2. The van der Waals surface area contributed by atoms with Gasteiger partial charge in [-0.3, -0.25) is 4.98 Å². The fourth-order valence-electron chi connectivity index (χ4n) is 4.77. The predicted octanol–water partition coefficient (Wildman–Crippen LogP) is 9.28. The van der Waals surface area contributed by atoms with Crippen molar-refractivity contribution in [3.63, 3.8) is 0 Å². The Balaban J connectivity index is 1.65. The second kappa shape index (κ2) is 8.43. The molecule has 2 aromatic heterocycles. The average Bonchev–Trinajstić information content (AvgIpc) is 3.26. The van der Waals surface area contributed by atoms with Crippen molar-refractivity contribution in [2.24, 2.45) is 5.92 Å². The summed E-state index contributed by atoms with van der Waals surface area (Å²) in [6.07, 6.45) is 3.05. The number of benzene rings is 3. The maximum atomic E-state index is 4.79. The lowest BCUT2D eigenvalue weighted by Gasteiger charge is -2.22. The van der Waals surface area contributed by atoms with Crippen molar-refractivity contribution >= 4 is 32.2 Å². The highest BCUT2D eigenvalue weighted by atomic mass is 32.1. The molecule has 33 heavy (non-hydrogen) atoms. The molecule has 0 radical (unpaired) electrons. The lowest BCUT2D eigenvalue weighted by molar-refractivity contribution is 0.596. The smallest absolute Gasteiger partial charge is 0.0708 e. The normalized spacial score (nSPS) is 12.2. The highest BCUT2D eigenvalue weighted by molar-refractivity contribution is 7.17. The molecule has 0 aliphatic carbocycles. The first-order valence-electron chi connectivity index (χ1n) is 11.8. The molecule has 0 spiro atoms. The van der Waals surface area contributed by atoms with E-state index in [-0.39, 0.29) is 5.41 Å². The summed E-state index contributed by atoms with van der Waals surface area (Å²) < 4.78 is 1.36. The molecule has 0 bridgehead atoms. The largest absolute Gasteiger partial charge is 0.256 e. The number of fused-ring (bicyclic) bond motifs is 2. The van der Waals surface area contributed by atoms with E-state index in [1.54, 1.807) is 0 Å². The van der Waals surface area contributed by atoms with Crippen LogP contribution in [0.5, 0.6) is 0 Å². The Kier molecular flexibility index (Phi) is 5.58. The lowest BCUT2D eigenvalue weighted by Crippen LogP contribution is -2.12. The first-order chi connectivity index (χ1) is 15.8. The van der Waals surface area contributed by atoms with Gasteiger partial charge in [-0.1, -0.05) is 65.0 Å². The molecular formula is C31H31NS. The van der Waals surface area contributed by atoms with Crippen molar-refractivity contribution in [1.82, 2.24) is 4.98 Å². The van der Waals surface area contributed by atoms with Crippen LogP contribution in [0.1, 0.15) is 45.7 Å². The molecular weight excluding hydrogens is 418 g/mol. The molecule has 0 fully saturated rings.